The van der Waals surface area contributed by atoms with Gasteiger partial charge in [-0.3, -0.25) is 0 Å². The predicted molar refractivity (Wildman–Crippen MR) is 69.0 cm³/mol. The quantitative estimate of drug-likeness (QED) is 0.715. The van der Waals surface area contributed by atoms with Gasteiger partial charge in [0.2, 0.25) is 0 Å². The molecular formula is C14H20FNO. The molecule has 0 saturated heterocycles. The van der Waals surface area contributed by atoms with Gasteiger partial charge in [-0.05, 0) is 43.4 Å². The van der Waals surface area contributed by atoms with Crippen molar-refractivity contribution in [1.82, 2.24) is 0 Å². The molecule has 0 fully saturated rings. The molecule has 1 N–H and O–H groups in total. The highest BCUT2D eigenvalue weighted by Crippen LogP contribution is 2.23. The van der Waals surface area contributed by atoms with Gasteiger partial charge in [0.15, 0.2) is 0 Å². The van der Waals surface area contributed by atoms with Crippen molar-refractivity contribution < 1.29 is 9.13 Å². The molecule has 1 unspecified atom stereocenters. The number of benzene rings is 1. The number of hydrogen-bond donors (Lipinski definition) is 1. The maximum Gasteiger partial charge on any atom is 0.123 e. The van der Waals surface area contributed by atoms with Gasteiger partial charge in [-0.15, -0.1) is 0 Å². The summed E-state index contributed by atoms with van der Waals surface area (Å²) in [6.07, 6.45) is 1.82. The summed E-state index contributed by atoms with van der Waals surface area (Å²) >= 11 is 0. The fraction of sp³-hybridized carbons (Fsp3) is 0.500. The molecule has 0 radical (unpaired) electrons. The molecule has 3 heteroatoms. The second kappa shape index (κ2) is 7.05. The van der Waals surface area contributed by atoms with Crippen LogP contribution in [0.3, 0.4) is 0 Å². The van der Waals surface area contributed by atoms with Crippen LogP contribution in [-0.4, -0.2) is 19.0 Å². The summed E-state index contributed by atoms with van der Waals surface area (Å²) in [5.41, 5.74) is 1.96. The molecule has 0 saturated carbocycles. The molecular weight excluding hydrogens is 217 g/mol. The molecule has 1 rings (SSSR count). The summed E-state index contributed by atoms with van der Waals surface area (Å²) in [6, 6.07) is 7.77. The number of nitrogens with one attached hydrogen (secondary N) is 1. The first-order chi connectivity index (χ1) is 8.13. The Morgan fingerprint density at radius 2 is 2.00 bits per heavy atom. The van der Waals surface area contributed by atoms with E-state index in [1.54, 1.807) is 0 Å². The van der Waals surface area contributed by atoms with Gasteiger partial charge in [-0.1, -0.05) is 19.1 Å². The Hall–Kier alpha value is -1.38. The van der Waals surface area contributed by atoms with E-state index in [-0.39, 0.29) is 6.61 Å². The van der Waals surface area contributed by atoms with E-state index in [4.69, 9.17) is 10.1 Å². The minimum Gasteiger partial charge on any atom is -0.491 e. The van der Waals surface area contributed by atoms with E-state index in [0.29, 0.717) is 11.7 Å². The van der Waals surface area contributed by atoms with Gasteiger partial charge in [-0.2, -0.15) is 0 Å². The maximum absolute atomic E-state index is 11.9. The SMILES string of the molecule is CC(=N)CCC(C)c1ccc(OCCF)cc1. The van der Waals surface area contributed by atoms with Crippen molar-refractivity contribution in [3.8, 4) is 5.75 Å². The summed E-state index contributed by atoms with van der Waals surface area (Å²) in [5, 5.41) is 7.40. The number of hydrogen-bond acceptors (Lipinski definition) is 2. The third-order valence-corrected chi connectivity index (χ3v) is 2.75. The van der Waals surface area contributed by atoms with Crippen LogP contribution in [0.15, 0.2) is 24.3 Å². The van der Waals surface area contributed by atoms with Crippen LogP contribution >= 0.6 is 0 Å². The van der Waals surface area contributed by atoms with Crippen LogP contribution in [-0.2, 0) is 0 Å². The summed E-state index contributed by atoms with van der Waals surface area (Å²) < 4.78 is 17.1. The van der Waals surface area contributed by atoms with E-state index in [9.17, 15) is 4.39 Å². The molecule has 1 atom stereocenters. The van der Waals surface area contributed by atoms with Crippen LogP contribution in [0.1, 0.15) is 38.2 Å². The lowest BCUT2D eigenvalue weighted by atomic mass is 9.95. The molecule has 1 aromatic rings. The largest absolute Gasteiger partial charge is 0.491 e. The molecule has 0 heterocycles. The van der Waals surface area contributed by atoms with E-state index in [1.165, 1.54) is 5.56 Å². The van der Waals surface area contributed by atoms with E-state index in [2.05, 4.69) is 6.92 Å². The van der Waals surface area contributed by atoms with Gasteiger partial charge in [0, 0.05) is 5.71 Å². The van der Waals surface area contributed by atoms with E-state index in [0.717, 1.165) is 18.6 Å². The van der Waals surface area contributed by atoms with Gasteiger partial charge in [-0.25, -0.2) is 4.39 Å². The smallest absolute Gasteiger partial charge is 0.123 e. The molecule has 2 nitrogen and oxygen atoms in total. The summed E-state index contributed by atoms with van der Waals surface area (Å²) in [4.78, 5) is 0. The zero-order chi connectivity index (χ0) is 12.7. The molecule has 0 aliphatic heterocycles. The number of rotatable bonds is 7. The average molecular weight is 237 g/mol. The van der Waals surface area contributed by atoms with Crippen molar-refractivity contribution in [2.24, 2.45) is 0 Å². The summed E-state index contributed by atoms with van der Waals surface area (Å²) in [5.74, 6) is 1.15. The van der Waals surface area contributed by atoms with Crippen molar-refractivity contribution in [1.29, 1.82) is 5.41 Å². The highest BCUT2D eigenvalue weighted by molar-refractivity contribution is 5.78. The Kier molecular flexibility index (Phi) is 5.67. The fourth-order valence-corrected chi connectivity index (χ4v) is 1.65. The molecule has 0 amide bonds. The zero-order valence-corrected chi connectivity index (χ0v) is 10.5. The Morgan fingerprint density at radius 1 is 1.35 bits per heavy atom. The number of halogens is 1. The zero-order valence-electron chi connectivity index (χ0n) is 10.5. The van der Waals surface area contributed by atoms with E-state index in [1.807, 2.05) is 31.2 Å². The van der Waals surface area contributed by atoms with Gasteiger partial charge in [0.1, 0.15) is 19.0 Å². The number of alkyl halides is 1. The topological polar surface area (TPSA) is 33.1 Å². The van der Waals surface area contributed by atoms with Crippen molar-refractivity contribution in [2.75, 3.05) is 13.3 Å². The lowest BCUT2D eigenvalue weighted by Crippen LogP contribution is -2.00. The van der Waals surface area contributed by atoms with Gasteiger partial charge in [0.25, 0.3) is 0 Å². The second-order valence-electron chi connectivity index (χ2n) is 4.33. The van der Waals surface area contributed by atoms with E-state index >= 15 is 0 Å². The molecule has 1 aromatic carbocycles. The van der Waals surface area contributed by atoms with Crippen molar-refractivity contribution in [3.05, 3.63) is 29.8 Å². The molecule has 0 aliphatic rings. The maximum atomic E-state index is 11.9. The first-order valence-electron chi connectivity index (χ1n) is 5.96. The van der Waals surface area contributed by atoms with Crippen LogP contribution in [0.5, 0.6) is 5.75 Å². The molecule has 94 valence electrons. The first-order valence-corrected chi connectivity index (χ1v) is 5.96. The van der Waals surface area contributed by atoms with Crippen LogP contribution in [0, 0.1) is 5.41 Å². The summed E-state index contributed by atoms with van der Waals surface area (Å²) in [7, 11) is 0. The van der Waals surface area contributed by atoms with Gasteiger partial charge < -0.3 is 10.1 Å². The molecule has 0 aliphatic carbocycles. The molecule has 17 heavy (non-hydrogen) atoms. The van der Waals surface area contributed by atoms with E-state index < -0.39 is 6.67 Å². The molecule has 0 bridgehead atoms. The number of ether oxygens (including phenoxy) is 1. The van der Waals surface area contributed by atoms with Crippen LogP contribution in [0.2, 0.25) is 0 Å². The normalized spacial score (nSPS) is 12.2. The van der Waals surface area contributed by atoms with Crippen molar-refractivity contribution in [3.63, 3.8) is 0 Å². The third kappa shape index (κ3) is 4.98. The fourth-order valence-electron chi connectivity index (χ4n) is 1.65. The Bertz CT molecular complexity index is 348. The summed E-state index contributed by atoms with van der Waals surface area (Å²) in [6.45, 7) is 3.64. The Labute approximate surface area is 102 Å². The van der Waals surface area contributed by atoms with Crippen molar-refractivity contribution >= 4 is 5.71 Å². The predicted octanol–water partition coefficient (Wildman–Crippen LogP) is 3.96. The van der Waals surface area contributed by atoms with Crippen LogP contribution < -0.4 is 4.74 Å². The second-order valence-corrected chi connectivity index (χ2v) is 4.33. The minimum atomic E-state index is -0.462. The lowest BCUT2D eigenvalue weighted by Gasteiger charge is -2.12. The molecule has 0 spiro atoms. The Morgan fingerprint density at radius 3 is 2.53 bits per heavy atom. The lowest BCUT2D eigenvalue weighted by molar-refractivity contribution is 0.273. The van der Waals surface area contributed by atoms with Gasteiger partial charge in [0.05, 0.1) is 0 Å². The Balaban J connectivity index is 2.51. The van der Waals surface area contributed by atoms with Crippen LogP contribution in [0.25, 0.3) is 0 Å². The monoisotopic (exact) mass is 237 g/mol. The van der Waals surface area contributed by atoms with Crippen molar-refractivity contribution in [2.45, 2.75) is 32.6 Å². The van der Waals surface area contributed by atoms with Gasteiger partial charge >= 0.3 is 0 Å². The average Bonchev–Trinajstić information content (AvgIpc) is 2.34. The minimum absolute atomic E-state index is 0.113. The van der Waals surface area contributed by atoms with Crippen LogP contribution in [0.4, 0.5) is 4.39 Å². The first kappa shape index (κ1) is 13.7. The third-order valence-electron chi connectivity index (χ3n) is 2.75. The highest BCUT2D eigenvalue weighted by atomic mass is 19.1. The highest BCUT2D eigenvalue weighted by Gasteiger charge is 2.06. The standard InChI is InChI=1S/C14H20FNO/c1-11(3-4-12(2)16)13-5-7-14(8-6-13)17-10-9-15/h5-8,11,16H,3-4,9-10H2,1-2H3. The molecule has 0 aromatic heterocycles.